The van der Waals surface area contributed by atoms with E-state index in [0.29, 0.717) is 10.0 Å². The fourth-order valence-electron chi connectivity index (χ4n) is 3.20. The van der Waals surface area contributed by atoms with Crippen LogP contribution >= 0.6 is 23.2 Å². The Morgan fingerprint density at radius 3 is 2.43 bits per heavy atom. The normalized spacial score (nSPS) is 21.7. The molecule has 0 amide bonds. The van der Waals surface area contributed by atoms with E-state index in [0.717, 1.165) is 31.5 Å². The van der Waals surface area contributed by atoms with E-state index in [1.165, 1.54) is 5.56 Å². The predicted octanol–water partition coefficient (Wildman–Crippen LogP) is 4.64. The highest BCUT2D eigenvalue weighted by atomic mass is 35.5. The summed E-state index contributed by atoms with van der Waals surface area (Å²) >= 11 is 12.2. The Kier molecular flexibility index (Phi) is 5.60. The number of aliphatic hydroxyl groups excluding tert-OH is 1. The summed E-state index contributed by atoms with van der Waals surface area (Å²) in [6, 6.07) is 16.1. The van der Waals surface area contributed by atoms with Crippen molar-refractivity contribution in [1.29, 1.82) is 0 Å². The summed E-state index contributed by atoms with van der Waals surface area (Å²) in [5, 5.41) is 14.8. The average Bonchev–Trinajstić information content (AvgIpc) is 2.56. The molecule has 0 saturated heterocycles. The van der Waals surface area contributed by atoms with Crippen LogP contribution in [0.15, 0.2) is 48.5 Å². The van der Waals surface area contributed by atoms with Gasteiger partial charge in [0.05, 0.1) is 16.1 Å². The molecule has 4 heteroatoms. The number of hydrogen-bond acceptors (Lipinski definition) is 2. The van der Waals surface area contributed by atoms with Crippen molar-refractivity contribution in [2.75, 3.05) is 6.54 Å². The standard InChI is InChI=1S/C19H21Cl2NO/c20-17-8-6-14(10-18(17)21)16(15-7-9-19(15)23)12-22-11-13-4-2-1-3-5-13/h1-6,8,10,15-16,19,22-23H,7,9,11-12H2. The zero-order chi connectivity index (χ0) is 16.2. The average molecular weight is 350 g/mol. The summed E-state index contributed by atoms with van der Waals surface area (Å²) in [7, 11) is 0. The molecule has 0 aliphatic heterocycles. The molecule has 1 fully saturated rings. The van der Waals surface area contributed by atoms with Crippen molar-refractivity contribution in [3.63, 3.8) is 0 Å². The van der Waals surface area contributed by atoms with Crippen LogP contribution in [0.2, 0.25) is 10.0 Å². The quantitative estimate of drug-likeness (QED) is 0.796. The molecule has 1 aliphatic rings. The van der Waals surface area contributed by atoms with Gasteiger partial charge in [-0.05, 0) is 42.0 Å². The van der Waals surface area contributed by atoms with Crippen LogP contribution in [-0.2, 0) is 6.54 Å². The SMILES string of the molecule is OC1CCC1C(CNCc1ccccc1)c1ccc(Cl)c(Cl)c1. The minimum absolute atomic E-state index is 0.215. The Labute approximate surface area is 147 Å². The molecule has 0 heterocycles. The summed E-state index contributed by atoms with van der Waals surface area (Å²) in [5.41, 5.74) is 2.40. The lowest BCUT2D eigenvalue weighted by Crippen LogP contribution is -2.39. The zero-order valence-corrected chi connectivity index (χ0v) is 14.4. The summed E-state index contributed by atoms with van der Waals surface area (Å²) in [5.74, 6) is 0.535. The Balaban J connectivity index is 1.69. The zero-order valence-electron chi connectivity index (χ0n) is 12.9. The van der Waals surface area contributed by atoms with Gasteiger partial charge in [-0.3, -0.25) is 0 Å². The number of nitrogens with one attached hydrogen (secondary N) is 1. The molecule has 23 heavy (non-hydrogen) atoms. The highest BCUT2D eigenvalue weighted by molar-refractivity contribution is 6.42. The van der Waals surface area contributed by atoms with Crippen LogP contribution in [0.3, 0.4) is 0 Å². The molecule has 0 radical (unpaired) electrons. The number of benzene rings is 2. The summed E-state index contributed by atoms with van der Waals surface area (Å²) in [4.78, 5) is 0. The number of hydrogen-bond donors (Lipinski definition) is 2. The molecule has 2 aromatic rings. The van der Waals surface area contributed by atoms with E-state index in [-0.39, 0.29) is 17.9 Å². The smallest absolute Gasteiger partial charge is 0.0595 e. The molecule has 3 rings (SSSR count). The molecule has 0 spiro atoms. The lowest BCUT2D eigenvalue weighted by Gasteiger charge is -2.39. The van der Waals surface area contributed by atoms with Crippen molar-refractivity contribution in [2.45, 2.75) is 31.4 Å². The summed E-state index contributed by atoms with van der Waals surface area (Å²) in [6.45, 7) is 1.63. The Morgan fingerprint density at radius 2 is 1.83 bits per heavy atom. The maximum Gasteiger partial charge on any atom is 0.0595 e. The van der Waals surface area contributed by atoms with Gasteiger partial charge in [0.1, 0.15) is 0 Å². The minimum atomic E-state index is -0.215. The van der Waals surface area contributed by atoms with Crippen LogP contribution in [0.1, 0.15) is 29.9 Å². The molecule has 1 aliphatic carbocycles. The van der Waals surface area contributed by atoms with E-state index < -0.39 is 0 Å². The predicted molar refractivity (Wildman–Crippen MR) is 96.1 cm³/mol. The van der Waals surface area contributed by atoms with Crippen LogP contribution in [-0.4, -0.2) is 17.8 Å². The van der Waals surface area contributed by atoms with E-state index in [1.54, 1.807) is 0 Å². The molecule has 0 bridgehead atoms. The largest absolute Gasteiger partial charge is 0.393 e. The van der Waals surface area contributed by atoms with E-state index >= 15 is 0 Å². The second-order valence-corrected chi connectivity index (χ2v) is 7.02. The highest BCUT2D eigenvalue weighted by Crippen LogP contribution is 2.40. The van der Waals surface area contributed by atoms with Crippen LogP contribution in [0.5, 0.6) is 0 Å². The Morgan fingerprint density at radius 1 is 1.04 bits per heavy atom. The molecule has 122 valence electrons. The first-order valence-corrected chi connectivity index (χ1v) is 8.78. The number of rotatable bonds is 6. The van der Waals surface area contributed by atoms with Crippen LogP contribution in [0.4, 0.5) is 0 Å². The second kappa shape index (κ2) is 7.67. The van der Waals surface area contributed by atoms with Gasteiger partial charge < -0.3 is 10.4 Å². The second-order valence-electron chi connectivity index (χ2n) is 6.21. The minimum Gasteiger partial charge on any atom is -0.393 e. The van der Waals surface area contributed by atoms with Gasteiger partial charge in [-0.25, -0.2) is 0 Å². The van der Waals surface area contributed by atoms with Crippen molar-refractivity contribution in [1.82, 2.24) is 5.32 Å². The molecule has 1 saturated carbocycles. The van der Waals surface area contributed by atoms with Gasteiger partial charge in [0.25, 0.3) is 0 Å². The van der Waals surface area contributed by atoms with E-state index in [4.69, 9.17) is 23.2 Å². The van der Waals surface area contributed by atoms with Gasteiger partial charge >= 0.3 is 0 Å². The Bertz CT molecular complexity index is 647. The maximum atomic E-state index is 10.1. The monoisotopic (exact) mass is 349 g/mol. The molecule has 2 nitrogen and oxygen atoms in total. The highest BCUT2D eigenvalue weighted by Gasteiger charge is 2.36. The van der Waals surface area contributed by atoms with Crippen molar-refractivity contribution < 1.29 is 5.11 Å². The molecule has 2 aromatic carbocycles. The number of halogens is 2. The van der Waals surface area contributed by atoms with E-state index in [2.05, 4.69) is 17.4 Å². The molecule has 2 N–H and O–H groups in total. The van der Waals surface area contributed by atoms with Gasteiger partial charge in [0.2, 0.25) is 0 Å². The lowest BCUT2D eigenvalue weighted by molar-refractivity contribution is 0.00835. The van der Waals surface area contributed by atoms with Gasteiger partial charge in [0.15, 0.2) is 0 Å². The van der Waals surface area contributed by atoms with E-state index in [9.17, 15) is 5.11 Å². The fraction of sp³-hybridized carbons (Fsp3) is 0.368. The third-order valence-electron chi connectivity index (χ3n) is 4.71. The van der Waals surface area contributed by atoms with Gasteiger partial charge in [0, 0.05) is 19.0 Å². The molecular weight excluding hydrogens is 329 g/mol. The fourth-order valence-corrected chi connectivity index (χ4v) is 3.51. The summed E-state index contributed by atoms with van der Waals surface area (Å²) < 4.78 is 0. The summed E-state index contributed by atoms with van der Waals surface area (Å²) in [6.07, 6.45) is 1.73. The third kappa shape index (κ3) is 4.07. The molecule has 0 aromatic heterocycles. The first kappa shape index (κ1) is 16.8. The topological polar surface area (TPSA) is 32.3 Å². The van der Waals surface area contributed by atoms with E-state index in [1.807, 2.05) is 36.4 Å². The van der Waals surface area contributed by atoms with Crippen molar-refractivity contribution >= 4 is 23.2 Å². The third-order valence-corrected chi connectivity index (χ3v) is 5.45. The molecule has 3 unspecified atom stereocenters. The van der Waals surface area contributed by atoms with Gasteiger partial charge in [-0.15, -0.1) is 0 Å². The first-order chi connectivity index (χ1) is 11.1. The van der Waals surface area contributed by atoms with Gasteiger partial charge in [-0.1, -0.05) is 59.6 Å². The first-order valence-electron chi connectivity index (χ1n) is 8.03. The molecular formula is C19H21Cl2NO. The van der Waals surface area contributed by atoms with Crippen LogP contribution < -0.4 is 5.32 Å². The van der Waals surface area contributed by atoms with Crippen LogP contribution in [0.25, 0.3) is 0 Å². The van der Waals surface area contributed by atoms with Crippen molar-refractivity contribution in [3.05, 3.63) is 69.7 Å². The van der Waals surface area contributed by atoms with Crippen molar-refractivity contribution in [3.8, 4) is 0 Å². The molecule has 3 atom stereocenters. The number of aliphatic hydroxyl groups is 1. The van der Waals surface area contributed by atoms with Crippen LogP contribution in [0, 0.1) is 5.92 Å². The van der Waals surface area contributed by atoms with Crippen molar-refractivity contribution in [2.24, 2.45) is 5.92 Å². The van der Waals surface area contributed by atoms with Gasteiger partial charge in [-0.2, -0.15) is 0 Å². The Hall–Kier alpha value is -1.06. The lowest BCUT2D eigenvalue weighted by atomic mass is 9.70. The maximum absolute atomic E-state index is 10.1.